The summed E-state index contributed by atoms with van der Waals surface area (Å²) in [5, 5.41) is 0. The molecular formula is C14H21NO2. The highest BCUT2D eigenvalue weighted by Crippen LogP contribution is 2.35. The van der Waals surface area contributed by atoms with Gasteiger partial charge in [-0.1, -0.05) is 12.2 Å². The molecule has 2 aliphatic heterocycles. The summed E-state index contributed by atoms with van der Waals surface area (Å²) in [4.78, 5) is 4.63. The van der Waals surface area contributed by atoms with Gasteiger partial charge in [-0.05, 0) is 25.7 Å². The van der Waals surface area contributed by atoms with E-state index in [1.807, 2.05) is 0 Å². The lowest BCUT2D eigenvalue weighted by molar-refractivity contribution is -0.275. The van der Waals surface area contributed by atoms with Crippen molar-refractivity contribution in [3.05, 3.63) is 12.2 Å². The number of ether oxygens (including phenoxy) is 2. The minimum absolute atomic E-state index is 0.269. The van der Waals surface area contributed by atoms with Gasteiger partial charge in [-0.2, -0.15) is 0 Å². The van der Waals surface area contributed by atoms with Crippen molar-refractivity contribution in [2.45, 2.75) is 44.3 Å². The molecule has 0 aromatic heterocycles. The fourth-order valence-electron chi connectivity index (χ4n) is 3.10. The zero-order valence-electron chi connectivity index (χ0n) is 10.4. The van der Waals surface area contributed by atoms with Crippen LogP contribution in [0.4, 0.5) is 0 Å². The zero-order chi connectivity index (χ0) is 11.6. The molecule has 0 N–H and O–H groups in total. The topological polar surface area (TPSA) is 30.8 Å². The molecule has 3 aliphatic rings. The van der Waals surface area contributed by atoms with Crippen LogP contribution >= 0.6 is 0 Å². The zero-order valence-corrected chi connectivity index (χ0v) is 10.4. The van der Waals surface area contributed by atoms with Gasteiger partial charge in [0.15, 0.2) is 5.79 Å². The van der Waals surface area contributed by atoms with Gasteiger partial charge in [0.25, 0.3) is 0 Å². The third kappa shape index (κ3) is 2.45. The molecule has 17 heavy (non-hydrogen) atoms. The van der Waals surface area contributed by atoms with Crippen LogP contribution in [0.3, 0.4) is 0 Å². The molecule has 3 nitrogen and oxygen atoms in total. The summed E-state index contributed by atoms with van der Waals surface area (Å²) in [7, 11) is 0. The number of nitrogens with zero attached hydrogens (tertiary/aromatic N) is 1. The van der Waals surface area contributed by atoms with Crippen molar-refractivity contribution >= 4 is 5.71 Å². The van der Waals surface area contributed by atoms with Gasteiger partial charge >= 0.3 is 0 Å². The summed E-state index contributed by atoms with van der Waals surface area (Å²) in [6.45, 7) is 2.60. The number of hydrogen-bond donors (Lipinski definition) is 0. The van der Waals surface area contributed by atoms with Gasteiger partial charge in [-0.15, -0.1) is 0 Å². The van der Waals surface area contributed by atoms with Crippen molar-refractivity contribution in [3.63, 3.8) is 0 Å². The van der Waals surface area contributed by atoms with Crippen molar-refractivity contribution in [1.82, 2.24) is 0 Å². The number of hydrogen-bond acceptors (Lipinski definition) is 3. The van der Waals surface area contributed by atoms with Crippen LogP contribution in [0.1, 0.15) is 38.5 Å². The Kier molecular flexibility index (Phi) is 3.30. The molecule has 0 aromatic rings. The Hall–Kier alpha value is -0.670. The molecule has 3 rings (SSSR count). The van der Waals surface area contributed by atoms with E-state index in [4.69, 9.17) is 9.47 Å². The van der Waals surface area contributed by atoms with E-state index in [1.54, 1.807) is 0 Å². The molecule has 1 saturated heterocycles. The monoisotopic (exact) mass is 235 g/mol. The van der Waals surface area contributed by atoms with Crippen LogP contribution in [0.5, 0.6) is 0 Å². The number of rotatable bonds is 0. The van der Waals surface area contributed by atoms with Crippen molar-refractivity contribution in [3.8, 4) is 0 Å². The van der Waals surface area contributed by atoms with Crippen molar-refractivity contribution in [1.29, 1.82) is 0 Å². The van der Waals surface area contributed by atoms with E-state index in [1.165, 1.54) is 5.71 Å². The summed E-state index contributed by atoms with van der Waals surface area (Å²) >= 11 is 0. The van der Waals surface area contributed by atoms with E-state index in [9.17, 15) is 0 Å². The van der Waals surface area contributed by atoms with Gasteiger partial charge in [-0.3, -0.25) is 4.99 Å². The number of fused-ring (bicyclic) bond motifs is 1. The van der Waals surface area contributed by atoms with Gasteiger partial charge in [-0.25, -0.2) is 0 Å². The predicted octanol–water partition coefficient (Wildman–Crippen LogP) is 2.71. The highest BCUT2D eigenvalue weighted by Gasteiger charge is 2.36. The minimum Gasteiger partial charge on any atom is -0.350 e. The molecule has 94 valence electrons. The molecule has 2 fully saturated rings. The average Bonchev–Trinajstić information content (AvgIpc) is 2.37. The first-order valence-electron chi connectivity index (χ1n) is 6.86. The SMILES string of the molecule is C1=CC2CCC3(CCCC2=NC1)OCCCO3. The normalized spacial score (nSPS) is 32.5. The Morgan fingerprint density at radius 2 is 2.06 bits per heavy atom. The lowest BCUT2D eigenvalue weighted by Gasteiger charge is -2.40. The summed E-state index contributed by atoms with van der Waals surface area (Å²) < 4.78 is 11.9. The standard InChI is InChI=1S/C14H21NO2/c1-5-13-12(4-2-9-15-13)6-8-14(7-1)16-10-3-11-17-14/h2,4,12H,1,3,5-11H2. The molecule has 1 atom stereocenters. The summed E-state index contributed by atoms with van der Waals surface area (Å²) in [5.41, 5.74) is 1.40. The van der Waals surface area contributed by atoms with Crippen molar-refractivity contribution in [2.24, 2.45) is 10.9 Å². The van der Waals surface area contributed by atoms with E-state index in [0.29, 0.717) is 5.92 Å². The highest BCUT2D eigenvalue weighted by molar-refractivity contribution is 5.89. The third-order valence-electron chi connectivity index (χ3n) is 4.04. The Balaban J connectivity index is 1.70. The van der Waals surface area contributed by atoms with Gasteiger partial charge in [0.2, 0.25) is 0 Å². The van der Waals surface area contributed by atoms with Crippen LogP contribution in [0.25, 0.3) is 0 Å². The van der Waals surface area contributed by atoms with Crippen LogP contribution in [0.2, 0.25) is 0 Å². The Labute approximate surface area is 103 Å². The minimum atomic E-state index is -0.269. The number of allylic oxidation sites excluding steroid dienone is 1. The van der Waals surface area contributed by atoms with Gasteiger partial charge < -0.3 is 9.47 Å². The summed E-state index contributed by atoms with van der Waals surface area (Å²) in [6.07, 6.45) is 11.0. The predicted molar refractivity (Wildman–Crippen MR) is 67.3 cm³/mol. The van der Waals surface area contributed by atoms with Crippen molar-refractivity contribution < 1.29 is 9.47 Å². The fourth-order valence-corrected chi connectivity index (χ4v) is 3.10. The molecular weight excluding hydrogens is 214 g/mol. The van der Waals surface area contributed by atoms with Crippen LogP contribution in [-0.4, -0.2) is 31.3 Å². The third-order valence-corrected chi connectivity index (χ3v) is 4.04. The van der Waals surface area contributed by atoms with E-state index in [2.05, 4.69) is 17.1 Å². The van der Waals surface area contributed by atoms with Gasteiger partial charge in [0.05, 0.1) is 19.8 Å². The molecule has 1 saturated carbocycles. The first-order chi connectivity index (χ1) is 8.38. The molecule has 0 radical (unpaired) electrons. The van der Waals surface area contributed by atoms with E-state index < -0.39 is 0 Å². The molecule has 1 spiro atoms. The molecule has 2 heterocycles. The maximum atomic E-state index is 5.94. The Morgan fingerprint density at radius 3 is 2.94 bits per heavy atom. The molecule has 1 unspecified atom stereocenters. The van der Waals surface area contributed by atoms with E-state index >= 15 is 0 Å². The molecule has 3 heteroatoms. The van der Waals surface area contributed by atoms with Crippen LogP contribution in [-0.2, 0) is 9.47 Å². The van der Waals surface area contributed by atoms with Crippen molar-refractivity contribution in [2.75, 3.05) is 19.8 Å². The Morgan fingerprint density at radius 1 is 1.18 bits per heavy atom. The second-order valence-electron chi connectivity index (χ2n) is 5.22. The summed E-state index contributed by atoms with van der Waals surface area (Å²) in [6, 6.07) is 0. The highest BCUT2D eigenvalue weighted by atomic mass is 16.7. The molecule has 0 bridgehead atoms. The quantitative estimate of drug-likeness (QED) is 0.604. The largest absolute Gasteiger partial charge is 0.350 e. The number of dihydropyridines is 1. The van der Waals surface area contributed by atoms with Crippen LogP contribution < -0.4 is 0 Å². The average molecular weight is 235 g/mol. The second kappa shape index (κ2) is 4.91. The van der Waals surface area contributed by atoms with E-state index in [-0.39, 0.29) is 5.79 Å². The first-order valence-corrected chi connectivity index (χ1v) is 6.86. The van der Waals surface area contributed by atoms with Crippen LogP contribution in [0, 0.1) is 5.92 Å². The van der Waals surface area contributed by atoms with Gasteiger partial charge in [0, 0.05) is 24.5 Å². The first kappa shape index (κ1) is 11.4. The Bertz CT molecular complexity index is 329. The molecule has 0 aromatic carbocycles. The number of aliphatic imine (C=N–C) groups is 1. The fraction of sp³-hybridized carbons (Fsp3) is 0.786. The van der Waals surface area contributed by atoms with Crippen LogP contribution in [0.15, 0.2) is 17.1 Å². The smallest absolute Gasteiger partial charge is 0.168 e. The second-order valence-corrected chi connectivity index (χ2v) is 5.22. The van der Waals surface area contributed by atoms with E-state index in [0.717, 1.165) is 58.3 Å². The lowest BCUT2D eigenvalue weighted by Crippen LogP contribution is -2.42. The van der Waals surface area contributed by atoms with Gasteiger partial charge in [0.1, 0.15) is 0 Å². The summed E-state index contributed by atoms with van der Waals surface area (Å²) in [5.74, 6) is 0.268. The maximum absolute atomic E-state index is 5.94. The molecule has 0 amide bonds. The lowest BCUT2D eigenvalue weighted by atomic mass is 9.85. The maximum Gasteiger partial charge on any atom is 0.168 e. The molecule has 1 aliphatic carbocycles.